The van der Waals surface area contributed by atoms with E-state index in [1.54, 1.807) is 31.0 Å². The molecule has 1 aromatic rings. The minimum Gasteiger partial charge on any atom is -0.493 e. The third-order valence-corrected chi connectivity index (χ3v) is 6.14. The number of methoxy groups -OCH3 is 1. The van der Waals surface area contributed by atoms with Crippen molar-refractivity contribution in [2.45, 2.75) is 39.5 Å². The number of ether oxygens (including phenoxy) is 1. The lowest BCUT2D eigenvalue weighted by molar-refractivity contribution is -0.125. The van der Waals surface area contributed by atoms with Crippen LogP contribution in [0.1, 0.15) is 50.0 Å². The molecule has 34 heavy (non-hydrogen) atoms. The van der Waals surface area contributed by atoms with Gasteiger partial charge in [-0.3, -0.25) is 19.6 Å². The summed E-state index contributed by atoms with van der Waals surface area (Å²) in [6.45, 7) is 8.33. The molecule has 0 bridgehead atoms. The largest absolute Gasteiger partial charge is 0.493 e. The lowest BCUT2D eigenvalue weighted by Gasteiger charge is -2.17. The molecule has 1 unspecified atom stereocenters. The molecule has 0 radical (unpaired) electrons. The van der Waals surface area contributed by atoms with Crippen molar-refractivity contribution in [3.05, 3.63) is 46.2 Å². The predicted molar refractivity (Wildman–Crippen MR) is 137 cm³/mol. The Labute approximate surface area is 210 Å². The van der Waals surface area contributed by atoms with Gasteiger partial charge in [-0.2, -0.15) is 0 Å². The Morgan fingerprint density at radius 3 is 2.62 bits per heavy atom. The third-order valence-electron chi connectivity index (χ3n) is 5.57. The number of Topliss-reactive ketones (excluding diaryl/α,β-unsaturated/α-hetero) is 1. The molecule has 10 heteroatoms. The number of pyridine rings is 1. The Morgan fingerprint density at radius 2 is 2.06 bits per heavy atom. The minimum absolute atomic E-state index is 0.0240. The van der Waals surface area contributed by atoms with Crippen LogP contribution >= 0.6 is 23.2 Å². The molecular weight excluding hydrogens is 477 g/mol. The van der Waals surface area contributed by atoms with E-state index in [-0.39, 0.29) is 29.1 Å². The molecule has 1 heterocycles. The fourth-order valence-corrected chi connectivity index (χ4v) is 3.53. The van der Waals surface area contributed by atoms with Crippen LogP contribution in [0.25, 0.3) is 0 Å². The summed E-state index contributed by atoms with van der Waals surface area (Å²) in [4.78, 5) is 34.4. The minimum atomic E-state index is -0.493. The number of hydrogen-bond acceptors (Lipinski definition) is 6. The maximum absolute atomic E-state index is 13.1. The molecule has 1 amide bonds. The van der Waals surface area contributed by atoms with Crippen LogP contribution in [-0.4, -0.2) is 49.8 Å². The van der Waals surface area contributed by atoms with Gasteiger partial charge in [-0.25, -0.2) is 4.68 Å². The summed E-state index contributed by atoms with van der Waals surface area (Å²) in [5.41, 5.74) is 3.37. The van der Waals surface area contributed by atoms with E-state index in [1.165, 1.54) is 12.4 Å². The van der Waals surface area contributed by atoms with E-state index in [4.69, 9.17) is 32.9 Å². The average molecular weight is 510 g/mol. The van der Waals surface area contributed by atoms with Gasteiger partial charge in [0.2, 0.25) is 5.91 Å². The van der Waals surface area contributed by atoms with Crippen LogP contribution in [0.15, 0.2) is 45.0 Å². The van der Waals surface area contributed by atoms with Crippen molar-refractivity contribution in [3.8, 4) is 5.75 Å². The van der Waals surface area contributed by atoms with Gasteiger partial charge in [0.05, 0.1) is 24.1 Å². The predicted octanol–water partition coefficient (Wildman–Crippen LogP) is 3.99. The number of hydrogen-bond donors (Lipinski definition) is 2. The van der Waals surface area contributed by atoms with Gasteiger partial charge >= 0.3 is 0 Å². The van der Waals surface area contributed by atoms with Crippen molar-refractivity contribution < 1.29 is 14.3 Å². The summed E-state index contributed by atoms with van der Waals surface area (Å²) in [5.74, 6) is 0.119. The zero-order valence-corrected chi connectivity index (χ0v) is 21.7. The second-order valence-corrected chi connectivity index (χ2v) is 9.21. The van der Waals surface area contributed by atoms with Crippen LogP contribution in [0.4, 0.5) is 0 Å². The number of carbonyl (C=O) groups excluding carboxylic acids is 2. The van der Waals surface area contributed by atoms with Gasteiger partial charge < -0.3 is 15.5 Å². The van der Waals surface area contributed by atoms with Crippen molar-refractivity contribution in [3.63, 3.8) is 0 Å². The van der Waals surface area contributed by atoms with E-state index >= 15 is 0 Å². The number of rotatable bonds is 13. The first-order valence-corrected chi connectivity index (χ1v) is 12.0. The first-order chi connectivity index (χ1) is 16.2. The van der Waals surface area contributed by atoms with Crippen molar-refractivity contribution in [1.29, 1.82) is 0 Å². The molecule has 0 aromatic carbocycles. The Bertz CT molecular complexity index is 1040. The molecule has 0 spiro atoms. The van der Waals surface area contributed by atoms with E-state index in [0.29, 0.717) is 35.1 Å². The van der Waals surface area contributed by atoms with Crippen molar-refractivity contribution >= 4 is 41.1 Å². The molecule has 1 aliphatic carbocycles. The molecule has 8 nitrogen and oxygen atoms in total. The summed E-state index contributed by atoms with van der Waals surface area (Å²) < 4.78 is 7.07. The fraction of sp³-hybridized carbons (Fsp3) is 0.500. The molecule has 186 valence electrons. The van der Waals surface area contributed by atoms with E-state index in [1.807, 2.05) is 13.8 Å². The SMILES string of the molecule is C=C(Cl)C=N/C=C(/Cl)C(C)CC(=O)c1ccc(OC)c(=NCC2(C(=O)NCCC)CC2)n1NC. The van der Waals surface area contributed by atoms with Gasteiger partial charge in [0.15, 0.2) is 17.0 Å². The molecule has 1 atom stereocenters. The quantitative estimate of drug-likeness (QED) is 0.310. The van der Waals surface area contributed by atoms with Gasteiger partial charge in [0.1, 0.15) is 5.69 Å². The van der Waals surface area contributed by atoms with Crippen molar-refractivity contribution in [2.24, 2.45) is 21.3 Å². The van der Waals surface area contributed by atoms with Crippen LogP contribution in [0.3, 0.4) is 0 Å². The van der Waals surface area contributed by atoms with Crippen LogP contribution in [0.2, 0.25) is 0 Å². The zero-order chi connectivity index (χ0) is 25.3. The van der Waals surface area contributed by atoms with Gasteiger partial charge in [0.25, 0.3) is 0 Å². The summed E-state index contributed by atoms with van der Waals surface area (Å²) >= 11 is 11.9. The molecule has 2 N–H and O–H groups in total. The monoisotopic (exact) mass is 509 g/mol. The molecule has 0 saturated heterocycles. The highest BCUT2D eigenvalue weighted by Crippen LogP contribution is 2.46. The number of aliphatic imine (C=N–C) groups is 1. The highest BCUT2D eigenvalue weighted by molar-refractivity contribution is 6.39. The first kappa shape index (κ1) is 27.7. The summed E-state index contributed by atoms with van der Waals surface area (Å²) in [6.07, 6.45) is 5.43. The molecule has 1 saturated carbocycles. The maximum atomic E-state index is 13.1. The van der Waals surface area contributed by atoms with Gasteiger partial charge in [-0.1, -0.05) is 43.6 Å². The van der Waals surface area contributed by atoms with Crippen LogP contribution in [-0.2, 0) is 4.79 Å². The highest BCUT2D eigenvalue weighted by Gasteiger charge is 2.49. The molecule has 1 aliphatic rings. The lowest BCUT2D eigenvalue weighted by Crippen LogP contribution is -2.37. The summed E-state index contributed by atoms with van der Waals surface area (Å²) in [7, 11) is 3.24. The van der Waals surface area contributed by atoms with Crippen molar-refractivity contribution in [1.82, 2.24) is 9.99 Å². The highest BCUT2D eigenvalue weighted by atomic mass is 35.5. The van der Waals surface area contributed by atoms with Crippen LogP contribution in [0.5, 0.6) is 5.75 Å². The number of amides is 1. The van der Waals surface area contributed by atoms with Gasteiger partial charge in [-0.15, -0.1) is 0 Å². The van der Waals surface area contributed by atoms with E-state index < -0.39 is 5.41 Å². The third kappa shape index (κ3) is 7.21. The Hall–Kier alpha value is -2.58. The Morgan fingerprint density at radius 1 is 1.35 bits per heavy atom. The number of aromatic nitrogens is 1. The van der Waals surface area contributed by atoms with Gasteiger partial charge in [0, 0.05) is 43.4 Å². The molecule has 0 aliphatic heterocycles. The maximum Gasteiger partial charge on any atom is 0.228 e. The smallest absolute Gasteiger partial charge is 0.228 e. The molecular formula is C24H33Cl2N5O3. The lowest BCUT2D eigenvalue weighted by atomic mass is 10.0. The molecule has 1 aromatic heterocycles. The Kier molecular flexibility index (Phi) is 10.4. The first-order valence-electron chi connectivity index (χ1n) is 11.2. The molecule has 2 rings (SSSR count). The van der Waals surface area contributed by atoms with Crippen LogP contribution in [0, 0.1) is 11.3 Å². The number of nitrogens with zero attached hydrogens (tertiary/aromatic N) is 3. The fourth-order valence-electron chi connectivity index (χ4n) is 3.34. The standard InChI is InChI=1S/C24H33Cl2N5O3/c1-6-11-29-23(33)24(9-10-24)15-30-22-21(34-5)8-7-19(31(22)27-4)20(32)12-16(2)18(26)14-28-13-17(3)25/h7-8,13-14,16,27H,3,6,9-12,15H2,1-2,4-5H3,(H,29,33)/b18-14+,28-13?,30-22?. The zero-order valence-electron chi connectivity index (χ0n) is 20.2. The topological polar surface area (TPSA) is 97.1 Å². The van der Waals surface area contributed by atoms with E-state index in [0.717, 1.165) is 19.3 Å². The average Bonchev–Trinajstić information content (AvgIpc) is 3.61. The van der Waals surface area contributed by atoms with E-state index in [9.17, 15) is 9.59 Å². The Balaban J connectivity index is 2.31. The molecule has 1 fully saturated rings. The normalized spacial score (nSPS) is 16.3. The van der Waals surface area contributed by atoms with Gasteiger partial charge in [-0.05, 0) is 31.4 Å². The van der Waals surface area contributed by atoms with Crippen molar-refractivity contribution in [2.75, 3.05) is 32.7 Å². The van der Waals surface area contributed by atoms with Crippen LogP contribution < -0.4 is 21.0 Å². The summed E-state index contributed by atoms with van der Waals surface area (Å²) in [6, 6.07) is 3.38. The number of ketones is 1. The number of nitrogens with one attached hydrogen (secondary N) is 2. The summed E-state index contributed by atoms with van der Waals surface area (Å²) in [5, 5.41) is 3.67. The van der Waals surface area contributed by atoms with E-state index in [2.05, 4.69) is 22.3 Å². The number of carbonyl (C=O) groups is 2. The number of halogens is 2. The second-order valence-electron chi connectivity index (χ2n) is 8.29. The second kappa shape index (κ2) is 12.8. The number of allylic oxidation sites excluding steroid dienone is 2.